The van der Waals surface area contributed by atoms with Crippen molar-refractivity contribution in [2.45, 2.75) is 25.8 Å². The standard InChI is InChI=1S/C16H17N5O2/c1-3-16(2,15(22)23)21(13-6-8-17-10-20-13)12-9-19-14-11(12)5-4-7-18-14/h4-10H,3H2,1-2H3,(H,18,19)(H,22,23). The van der Waals surface area contributed by atoms with E-state index in [-0.39, 0.29) is 0 Å². The fourth-order valence-electron chi connectivity index (χ4n) is 2.59. The van der Waals surface area contributed by atoms with Crippen LogP contribution in [0.25, 0.3) is 11.0 Å². The number of aromatic amines is 1. The molecule has 0 aromatic carbocycles. The zero-order valence-electron chi connectivity index (χ0n) is 12.9. The lowest BCUT2D eigenvalue weighted by Crippen LogP contribution is -2.50. The summed E-state index contributed by atoms with van der Waals surface area (Å²) in [6, 6.07) is 5.42. The summed E-state index contributed by atoms with van der Waals surface area (Å²) in [7, 11) is 0. The molecule has 0 saturated carbocycles. The van der Waals surface area contributed by atoms with Crippen molar-refractivity contribution < 1.29 is 9.90 Å². The Bertz CT molecular complexity index is 833. The van der Waals surface area contributed by atoms with E-state index in [0.29, 0.717) is 17.9 Å². The molecule has 3 aromatic heterocycles. The van der Waals surface area contributed by atoms with Gasteiger partial charge in [0.15, 0.2) is 0 Å². The van der Waals surface area contributed by atoms with Gasteiger partial charge in [-0.3, -0.25) is 0 Å². The number of aliphatic carboxylic acids is 1. The Kier molecular flexibility index (Phi) is 3.69. The summed E-state index contributed by atoms with van der Waals surface area (Å²) in [6.07, 6.45) is 6.86. The van der Waals surface area contributed by atoms with Gasteiger partial charge in [0.25, 0.3) is 0 Å². The van der Waals surface area contributed by atoms with E-state index in [4.69, 9.17) is 0 Å². The topological polar surface area (TPSA) is 95.0 Å². The fourth-order valence-corrected chi connectivity index (χ4v) is 2.59. The van der Waals surface area contributed by atoms with Gasteiger partial charge in [-0.1, -0.05) is 6.92 Å². The van der Waals surface area contributed by atoms with E-state index in [1.165, 1.54) is 6.33 Å². The van der Waals surface area contributed by atoms with Crippen molar-refractivity contribution in [1.82, 2.24) is 19.9 Å². The van der Waals surface area contributed by atoms with Crippen LogP contribution in [-0.2, 0) is 4.79 Å². The smallest absolute Gasteiger partial charge is 0.329 e. The molecule has 23 heavy (non-hydrogen) atoms. The number of carbonyl (C=O) groups is 1. The fraction of sp³-hybridized carbons (Fsp3) is 0.250. The molecule has 3 heterocycles. The summed E-state index contributed by atoms with van der Waals surface area (Å²) in [4.78, 5) is 29.2. The molecule has 0 aliphatic heterocycles. The third kappa shape index (κ3) is 2.40. The third-order valence-corrected chi connectivity index (χ3v) is 4.11. The van der Waals surface area contributed by atoms with Crippen LogP contribution in [0.5, 0.6) is 0 Å². The lowest BCUT2D eigenvalue weighted by Gasteiger charge is -2.37. The summed E-state index contributed by atoms with van der Waals surface area (Å²) in [5.41, 5.74) is 0.267. The quantitative estimate of drug-likeness (QED) is 0.752. The minimum atomic E-state index is -1.15. The number of hydrogen-bond donors (Lipinski definition) is 2. The van der Waals surface area contributed by atoms with Crippen LogP contribution in [0.1, 0.15) is 20.3 Å². The van der Waals surface area contributed by atoms with Gasteiger partial charge in [0.1, 0.15) is 23.3 Å². The van der Waals surface area contributed by atoms with Crippen molar-refractivity contribution in [3.05, 3.63) is 43.1 Å². The first-order valence-corrected chi connectivity index (χ1v) is 7.29. The van der Waals surface area contributed by atoms with Crippen molar-refractivity contribution in [3.8, 4) is 0 Å². The number of rotatable bonds is 5. The Morgan fingerprint density at radius 3 is 2.83 bits per heavy atom. The van der Waals surface area contributed by atoms with E-state index in [9.17, 15) is 9.90 Å². The van der Waals surface area contributed by atoms with Gasteiger partial charge in [0.05, 0.1) is 5.69 Å². The van der Waals surface area contributed by atoms with Crippen LogP contribution in [0.15, 0.2) is 43.1 Å². The molecule has 7 nitrogen and oxygen atoms in total. The van der Waals surface area contributed by atoms with Gasteiger partial charge in [-0.15, -0.1) is 0 Å². The van der Waals surface area contributed by atoms with Crippen LogP contribution >= 0.6 is 0 Å². The van der Waals surface area contributed by atoms with E-state index in [0.717, 1.165) is 11.1 Å². The number of carboxylic acid groups (broad SMARTS) is 1. The average molecular weight is 311 g/mol. The molecule has 118 valence electrons. The van der Waals surface area contributed by atoms with Crippen LogP contribution in [0.4, 0.5) is 11.5 Å². The van der Waals surface area contributed by atoms with Gasteiger partial charge in [-0.2, -0.15) is 0 Å². The highest BCUT2D eigenvalue weighted by Crippen LogP contribution is 2.37. The van der Waals surface area contributed by atoms with Gasteiger partial charge in [-0.25, -0.2) is 19.7 Å². The van der Waals surface area contributed by atoms with Crippen LogP contribution in [0.3, 0.4) is 0 Å². The van der Waals surface area contributed by atoms with Crippen molar-refractivity contribution in [1.29, 1.82) is 0 Å². The van der Waals surface area contributed by atoms with E-state index < -0.39 is 11.5 Å². The predicted molar refractivity (Wildman–Crippen MR) is 86.6 cm³/mol. The summed E-state index contributed by atoms with van der Waals surface area (Å²) >= 11 is 0. The minimum Gasteiger partial charge on any atom is -0.479 e. The molecule has 0 saturated heterocycles. The Hall–Kier alpha value is -2.96. The Morgan fingerprint density at radius 1 is 1.35 bits per heavy atom. The normalized spacial score (nSPS) is 13.7. The SMILES string of the molecule is CCC(C)(C(=O)O)N(c1ccncn1)c1c[nH]c2ncccc12. The first kappa shape index (κ1) is 15.0. The van der Waals surface area contributed by atoms with Crippen LogP contribution < -0.4 is 4.90 Å². The van der Waals surface area contributed by atoms with E-state index in [1.54, 1.807) is 36.5 Å². The summed E-state index contributed by atoms with van der Waals surface area (Å²) in [6.45, 7) is 3.53. The molecule has 1 unspecified atom stereocenters. The van der Waals surface area contributed by atoms with Crippen molar-refractivity contribution in [2.75, 3.05) is 4.90 Å². The van der Waals surface area contributed by atoms with Gasteiger partial charge < -0.3 is 15.0 Å². The number of anilines is 2. The molecule has 7 heteroatoms. The van der Waals surface area contributed by atoms with Crippen LogP contribution in [0.2, 0.25) is 0 Å². The van der Waals surface area contributed by atoms with Gasteiger partial charge in [-0.05, 0) is 31.5 Å². The van der Waals surface area contributed by atoms with Crippen LogP contribution in [0, 0.1) is 0 Å². The molecular weight excluding hydrogens is 294 g/mol. The second-order valence-electron chi connectivity index (χ2n) is 5.41. The molecule has 1 atom stereocenters. The average Bonchev–Trinajstić information content (AvgIpc) is 2.99. The molecule has 2 N–H and O–H groups in total. The number of hydrogen-bond acceptors (Lipinski definition) is 5. The zero-order valence-corrected chi connectivity index (χ0v) is 12.9. The Balaban J connectivity index is 2.26. The summed E-state index contributed by atoms with van der Waals surface area (Å²) < 4.78 is 0. The number of carboxylic acids is 1. The molecule has 0 bridgehead atoms. The monoisotopic (exact) mass is 311 g/mol. The number of H-pyrrole nitrogens is 1. The van der Waals surface area contributed by atoms with Gasteiger partial charge in [0, 0.05) is 24.0 Å². The lowest BCUT2D eigenvalue weighted by molar-refractivity contribution is -0.142. The number of nitrogens with one attached hydrogen (secondary N) is 1. The second-order valence-corrected chi connectivity index (χ2v) is 5.41. The summed E-state index contributed by atoms with van der Waals surface area (Å²) in [5, 5.41) is 10.7. The van der Waals surface area contributed by atoms with E-state index in [1.807, 2.05) is 19.1 Å². The maximum absolute atomic E-state index is 12.0. The van der Waals surface area contributed by atoms with Gasteiger partial charge in [0.2, 0.25) is 0 Å². The van der Waals surface area contributed by atoms with E-state index in [2.05, 4.69) is 19.9 Å². The number of fused-ring (bicyclic) bond motifs is 1. The maximum Gasteiger partial charge on any atom is 0.329 e. The van der Waals surface area contributed by atoms with Crippen molar-refractivity contribution >= 4 is 28.5 Å². The lowest BCUT2D eigenvalue weighted by atomic mass is 9.95. The zero-order chi connectivity index (χ0) is 16.4. The van der Waals surface area contributed by atoms with Crippen molar-refractivity contribution in [3.63, 3.8) is 0 Å². The third-order valence-electron chi connectivity index (χ3n) is 4.11. The highest BCUT2D eigenvalue weighted by atomic mass is 16.4. The number of nitrogens with zero attached hydrogens (tertiary/aromatic N) is 4. The van der Waals surface area contributed by atoms with E-state index >= 15 is 0 Å². The van der Waals surface area contributed by atoms with Crippen LogP contribution in [-0.4, -0.2) is 36.6 Å². The molecule has 3 rings (SSSR count). The summed E-state index contributed by atoms with van der Waals surface area (Å²) in [5.74, 6) is -0.395. The molecule has 0 spiro atoms. The highest BCUT2D eigenvalue weighted by Gasteiger charge is 2.40. The number of pyridine rings is 1. The molecule has 0 aliphatic carbocycles. The molecule has 0 aliphatic rings. The molecule has 0 radical (unpaired) electrons. The first-order valence-electron chi connectivity index (χ1n) is 7.29. The highest BCUT2D eigenvalue weighted by molar-refractivity contribution is 5.96. The Labute approximate surface area is 133 Å². The second kappa shape index (κ2) is 5.68. The Morgan fingerprint density at radius 2 is 2.17 bits per heavy atom. The number of aromatic nitrogens is 4. The molecular formula is C16H17N5O2. The van der Waals surface area contributed by atoms with Gasteiger partial charge >= 0.3 is 5.97 Å². The molecule has 3 aromatic rings. The maximum atomic E-state index is 12.0. The first-order chi connectivity index (χ1) is 11.1. The molecule has 0 amide bonds. The minimum absolute atomic E-state index is 0.402. The predicted octanol–water partition coefficient (Wildman–Crippen LogP) is 2.74. The molecule has 0 fully saturated rings. The largest absolute Gasteiger partial charge is 0.479 e. The van der Waals surface area contributed by atoms with Crippen molar-refractivity contribution in [2.24, 2.45) is 0 Å².